The Labute approximate surface area is 159 Å². The summed E-state index contributed by atoms with van der Waals surface area (Å²) in [6.07, 6.45) is 0. The highest BCUT2D eigenvalue weighted by molar-refractivity contribution is 7.16. The van der Waals surface area contributed by atoms with Gasteiger partial charge in [0.1, 0.15) is 12.4 Å². The molecule has 0 spiro atoms. The second-order valence-electron chi connectivity index (χ2n) is 5.66. The van der Waals surface area contributed by atoms with Gasteiger partial charge in [0.15, 0.2) is 5.13 Å². The van der Waals surface area contributed by atoms with E-state index in [9.17, 15) is 4.79 Å². The molecule has 0 radical (unpaired) electrons. The Hall–Kier alpha value is -1.89. The highest BCUT2D eigenvalue weighted by Gasteiger charge is 2.13. The number of thiophene rings is 1. The second-order valence-corrected chi connectivity index (χ2v) is 8.18. The van der Waals surface area contributed by atoms with E-state index >= 15 is 0 Å². The molecule has 2 heterocycles. The van der Waals surface area contributed by atoms with Crippen LogP contribution in [0.5, 0.6) is 5.75 Å². The number of rotatable bonds is 5. The van der Waals surface area contributed by atoms with Crippen LogP contribution in [0.2, 0.25) is 5.02 Å². The van der Waals surface area contributed by atoms with Gasteiger partial charge in [0.25, 0.3) is 5.91 Å². The lowest BCUT2D eigenvalue weighted by Gasteiger charge is -2.07. The molecule has 3 rings (SSSR count). The number of hydrogen-bond donors (Lipinski definition) is 1. The Bertz CT molecular complexity index is 898. The maximum absolute atomic E-state index is 12.3. The summed E-state index contributed by atoms with van der Waals surface area (Å²) in [6.45, 7) is 6.26. The fourth-order valence-corrected chi connectivity index (χ4v) is 3.91. The van der Waals surface area contributed by atoms with Crippen molar-refractivity contribution in [3.05, 3.63) is 61.2 Å². The van der Waals surface area contributed by atoms with Gasteiger partial charge in [0.2, 0.25) is 0 Å². The lowest BCUT2D eigenvalue weighted by atomic mass is 10.2. The zero-order valence-corrected chi connectivity index (χ0v) is 16.4. The zero-order chi connectivity index (χ0) is 18.0. The standard InChI is InChI=1S/C18H17ClN2O2S2/c1-10-4-5-14(19)15(6-10)23-8-13-7-16(24-9-13)17(22)21-18-20-11(2)12(3)25-18/h4-7,9H,8H2,1-3H3,(H,20,21,22). The van der Waals surface area contributed by atoms with E-state index in [0.717, 1.165) is 21.7 Å². The second kappa shape index (κ2) is 7.56. The van der Waals surface area contributed by atoms with Crippen LogP contribution in [-0.2, 0) is 6.61 Å². The molecule has 0 unspecified atom stereocenters. The van der Waals surface area contributed by atoms with Crippen molar-refractivity contribution in [2.75, 3.05) is 5.32 Å². The number of halogens is 1. The Morgan fingerprint density at radius 1 is 1.28 bits per heavy atom. The Morgan fingerprint density at radius 2 is 2.08 bits per heavy atom. The summed E-state index contributed by atoms with van der Waals surface area (Å²) in [4.78, 5) is 18.4. The normalized spacial score (nSPS) is 10.7. The molecule has 3 aromatic rings. The van der Waals surface area contributed by atoms with Crippen molar-refractivity contribution < 1.29 is 9.53 Å². The van der Waals surface area contributed by atoms with Crippen LogP contribution in [0.3, 0.4) is 0 Å². The van der Waals surface area contributed by atoms with Crippen LogP contribution in [0, 0.1) is 20.8 Å². The molecule has 0 fully saturated rings. The third-order valence-corrected chi connectivity index (χ3v) is 5.89. The van der Waals surface area contributed by atoms with Crippen molar-refractivity contribution in [2.24, 2.45) is 0 Å². The molecule has 2 aromatic heterocycles. The Balaban J connectivity index is 1.63. The average Bonchev–Trinajstić information content (AvgIpc) is 3.15. The molecular formula is C18H17ClN2O2S2. The van der Waals surface area contributed by atoms with E-state index in [0.29, 0.717) is 27.4 Å². The number of carbonyl (C=O) groups excluding carboxylic acids is 1. The number of amides is 1. The number of thiazole rings is 1. The number of ether oxygens (including phenoxy) is 1. The molecule has 0 aliphatic carbocycles. The maximum atomic E-state index is 12.3. The molecule has 0 saturated carbocycles. The van der Waals surface area contributed by atoms with Crippen LogP contribution in [0.15, 0.2) is 29.6 Å². The molecule has 25 heavy (non-hydrogen) atoms. The van der Waals surface area contributed by atoms with E-state index in [1.54, 1.807) is 0 Å². The van der Waals surface area contributed by atoms with Gasteiger partial charge in [-0.15, -0.1) is 22.7 Å². The number of carbonyl (C=O) groups is 1. The number of nitrogens with zero attached hydrogens (tertiary/aromatic N) is 1. The molecule has 7 heteroatoms. The van der Waals surface area contributed by atoms with Gasteiger partial charge in [-0.05, 0) is 49.9 Å². The van der Waals surface area contributed by atoms with E-state index < -0.39 is 0 Å². The number of benzene rings is 1. The lowest BCUT2D eigenvalue weighted by molar-refractivity contribution is 0.103. The lowest BCUT2D eigenvalue weighted by Crippen LogP contribution is -2.09. The van der Waals surface area contributed by atoms with E-state index in [1.165, 1.54) is 22.7 Å². The van der Waals surface area contributed by atoms with Crippen molar-refractivity contribution in [1.82, 2.24) is 4.98 Å². The molecule has 1 amide bonds. The fourth-order valence-electron chi connectivity index (χ4n) is 2.14. The minimum atomic E-state index is -0.154. The zero-order valence-electron chi connectivity index (χ0n) is 14.1. The van der Waals surface area contributed by atoms with Crippen LogP contribution in [-0.4, -0.2) is 10.9 Å². The first kappa shape index (κ1) is 17.9. The van der Waals surface area contributed by atoms with Gasteiger partial charge in [-0.1, -0.05) is 17.7 Å². The Kier molecular flexibility index (Phi) is 5.42. The van der Waals surface area contributed by atoms with Gasteiger partial charge in [-0.3, -0.25) is 10.1 Å². The van der Waals surface area contributed by atoms with Crippen molar-refractivity contribution in [1.29, 1.82) is 0 Å². The molecule has 0 aliphatic heterocycles. The van der Waals surface area contributed by atoms with Crippen molar-refractivity contribution in [3.63, 3.8) is 0 Å². The topological polar surface area (TPSA) is 51.2 Å². The number of aromatic nitrogens is 1. The maximum Gasteiger partial charge on any atom is 0.267 e. The summed E-state index contributed by atoms with van der Waals surface area (Å²) >= 11 is 8.99. The third-order valence-electron chi connectivity index (χ3n) is 3.61. The number of hydrogen-bond acceptors (Lipinski definition) is 5. The molecule has 130 valence electrons. The molecule has 1 aromatic carbocycles. The van der Waals surface area contributed by atoms with E-state index in [1.807, 2.05) is 50.4 Å². The summed E-state index contributed by atoms with van der Waals surface area (Å²) in [6, 6.07) is 7.48. The number of anilines is 1. The largest absolute Gasteiger partial charge is 0.487 e. The summed E-state index contributed by atoms with van der Waals surface area (Å²) in [7, 11) is 0. The van der Waals surface area contributed by atoms with Crippen molar-refractivity contribution in [3.8, 4) is 5.75 Å². The van der Waals surface area contributed by atoms with Crippen LogP contribution >= 0.6 is 34.3 Å². The summed E-state index contributed by atoms with van der Waals surface area (Å²) < 4.78 is 5.77. The first-order chi connectivity index (χ1) is 11.9. The summed E-state index contributed by atoms with van der Waals surface area (Å²) in [5, 5.41) is 5.95. The minimum absolute atomic E-state index is 0.154. The van der Waals surface area contributed by atoms with E-state index in [4.69, 9.17) is 16.3 Å². The number of nitrogens with one attached hydrogen (secondary N) is 1. The van der Waals surface area contributed by atoms with Crippen LogP contribution in [0.4, 0.5) is 5.13 Å². The molecule has 0 atom stereocenters. The quantitative estimate of drug-likeness (QED) is 0.613. The summed E-state index contributed by atoms with van der Waals surface area (Å²) in [5.74, 6) is 0.492. The van der Waals surface area contributed by atoms with E-state index in [-0.39, 0.29) is 5.91 Å². The van der Waals surface area contributed by atoms with Gasteiger partial charge < -0.3 is 4.74 Å². The average molecular weight is 393 g/mol. The monoisotopic (exact) mass is 392 g/mol. The van der Waals surface area contributed by atoms with Gasteiger partial charge in [0.05, 0.1) is 15.6 Å². The minimum Gasteiger partial charge on any atom is -0.487 e. The predicted octanol–water partition coefficient (Wildman–Crippen LogP) is 5.61. The van der Waals surface area contributed by atoms with Crippen molar-refractivity contribution >= 4 is 45.3 Å². The van der Waals surface area contributed by atoms with E-state index in [2.05, 4.69) is 10.3 Å². The summed E-state index contributed by atoms with van der Waals surface area (Å²) in [5.41, 5.74) is 2.95. The van der Waals surface area contributed by atoms with Crippen LogP contribution in [0.1, 0.15) is 31.4 Å². The molecule has 0 aliphatic rings. The fraction of sp³-hybridized carbons (Fsp3) is 0.222. The van der Waals surface area contributed by atoms with Gasteiger partial charge in [-0.25, -0.2) is 4.98 Å². The highest BCUT2D eigenvalue weighted by atomic mass is 35.5. The van der Waals surface area contributed by atoms with Gasteiger partial charge in [-0.2, -0.15) is 0 Å². The first-order valence-electron chi connectivity index (χ1n) is 7.64. The molecule has 1 N–H and O–H groups in total. The third kappa shape index (κ3) is 4.39. The predicted molar refractivity (Wildman–Crippen MR) is 104 cm³/mol. The van der Waals surface area contributed by atoms with Crippen LogP contribution < -0.4 is 10.1 Å². The van der Waals surface area contributed by atoms with Crippen molar-refractivity contribution in [2.45, 2.75) is 27.4 Å². The molecule has 0 bridgehead atoms. The smallest absolute Gasteiger partial charge is 0.267 e. The van der Waals surface area contributed by atoms with Gasteiger partial charge >= 0.3 is 0 Å². The van der Waals surface area contributed by atoms with Crippen LogP contribution in [0.25, 0.3) is 0 Å². The molecule has 0 saturated heterocycles. The molecule has 4 nitrogen and oxygen atoms in total. The first-order valence-corrected chi connectivity index (χ1v) is 9.71. The van der Waals surface area contributed by atoms with Gasteiger partial charge in [0, 0.05) is 10.4 Å². The number of aryl methyl sites for hydroxylation is 3. The SMILES string of the molecule is Cc1ccc(Cl)c(OCc2csc(C(=O)Nc3nc(C)c(C)s3)c2)c1. The Morgan fingerprint density at radius 3 is 2.80 bits per heavy atom. The molecular weight excluding hydrogens is 376 g/mol. The highest BCUT2D eigenvalue weighted by Crippen LogP contribution is 2.27.